The van der Waals surface area contributed by atoms with E-state index in [9.17, 15) is 5.11 Å². The van der Waals surface area contributed by atoms with Gasteiger partial charge in [-0.2, -0.15) is 0 Å². The summed E-state index contributed by atoms with van der Waals surface area (Å²) in [5.41, 5.74) is 2.80. The van der Waals surface area contributed by atoms with Gasteiger partial charge in [-0.3, -0.25) is 0 Å². The first-order valence-electron chi connectivity index (χ1n) is 3.94. The lowest BCUT2D eigenvalue weighted by Crippen LogP contribution is -2.12. The largest absolute Gasteiger partial charge is 0.508 e. The Kier molecular flexibility index (Phi) is 2.59. The van der Waals surface area contributed by atoms with Gasteiger partial charge in [0.15, 0.2) is 7.28 Å². The fourth-order valence-electron chi connectivity index (χ4n) is 1.21. The quantitative estimate of drug-likeness (QED) is 0.651. The van der Waals surface area contributed by atoms with Crippen LogP contribution in [-0.2, 0) is 0 Å². The molecule has 0 aliphatic heterocycles. The minimum Gasteiger partial charge on any atom is -0.508 e. The van der Waals surface area contributed by atoms with E-state index in [-0.39, 0.29) is 0 Å². The van der Waals surface area contributed by atoms with Crippen molar-refractivity contribution >= 4 is 18.8 Å². The Hall–Kier alpha value is -1.18. The first-order chi connectivity index (χ1) is 5.69. The summed E-state index contributed by atoms with van der Waals surface area (Å²) < 4.78 is 0. The van der Waals surface area contributed by atoms with Crippen molar-refractivity contribution in [2.45, 2.75) is 13.7 Å². The molecule has 1 radical (unpaired) electrons. The number of benzene rings is 1. The molecule has 61 valence electrons. The van der Waals surface area contributed by atoms with Crippen LogP contribution in [0.25, 0.3) is 6.08 Å². The Labute approximate surface area is 74.0 Å². The predicted octanol–water partition coefficient (Wildman–Crippen LogP) is 1.72. The number of hydrogen-bond donors (Lipinski definition) is 1. The molecule has 0 saturated carbocycles. The van der Waals surface area contributed by atoms with Crippen LogP contribution >= 0.6 is 0 Å². The second kappa shape index (κ2) is 3.48. The number of rotatable bonds is 2. The zero-order valence-electron chi connectivity index (χ0n) is 7.46. The molecule has 0 aliphatic rings. The smallest absolute Gasteiger partial charge is 0.153 e. The molecule has 0 fully saturated rings. The summed E-state index contributed by atoms with van der Waals surface area (Å²) in [5, 5.41) is 9.61. The number of aromatic hydroxyl groups is 1. The molecule has 0 atom stereocenters. The minimum absolute atomic E-state index is 0.318. The molecule has 1 rings (SSSR count). The number of phenolic OH excluding ortho intramolecular Hbond substituents is 1. The molecule has 2 heteroatoms. The van der Waals surface area contributed by atoms with Crippen LogP contribution in [0.2, 0.25) is 6.82 Å². The van der Waals surface area contributed by atoms with Crippen molar-refractivity contribution < 1.29 is 5.11 Å². The van der Waals surface area contributed by atoms with Crippen LogP contribution in [-0.4, -0.2) is 12.4 Å². The van der Waals surface area contributed by atoms with Crippen molar-refractivity contribution in [3.63, 3.8) is 0 Å². The van der Waals surface area contributed by atoms with Crippen LogP contribution in [0.4, 0.5) is 0 Å². The highest BCUT2D eigenvalue weighted by molar-refractivity contribution is 6.53. The van der Waals surface area contributed by atoms with E-state index in [0.717, 1.165) is 16.6 Å². The van der Waals surface area contributed by atoms with Gasteiger partial charge in [-0.25, -0.2) is 0 Å². The van der Waals surface area contributed by atoms with Crippen molar-refractivity contribution in [1.29, 1.82) is 0 Å². The average Bonchev–Trinajstić information content (AvgIpc) is 2.08. The van der Waals surface area contributed by atoms with E-state index >= 15 is 0 Å². The Morgan fingerprint density at radius 1 is 1.50 bits per heavy atom. The monoisotopic (exact) mass is 159 g/mol. The Morgan fingerprint density at radius 3 is 2.67 bits per heavy atom. The molecular weight excluding hydrogens is 147 g/mol. The van der Waals surface area contributed by atoms with E-state index in [2.05, 4.69) is 6.58 Å². The summed E-state index contributed by atoms with van der Waals surface area (Å²) in [4.78, 5) is 0. The summed E-state index contributed by atoms with van der Waals surface area (Å²) >= 11 is 0. The molecule has 0 heterocycles. The second-order valence-corrected chi connectivity index (χ2v) is 2.78. The number of aryl methyl sites for hydroxylation is 1. The highest BCUT2D eigenvalue weighted by Gasteiger charge is 2.03. The van der Waals surface area contributed by atoms with Gasteiger partial charge < -0.3 is 5.11 Å². The lowest BCUT2D eigenvalue weighted by Gasteiger charge is -2.06. The molecule has 1 aromatic rings. The first-order valence-corrected chi connectivity index (χ1v) is 3.94. The standard InChI is InChI=1S/C10H12BO/c1-4-8-5-7(2)6-9(11-3)10(8)12/h4-6,12H,1H2,2-3H3. The van der Waals surface area contributed by atoms with Gasteiger partial charge in [0.1, 0.15) is 5.75 Å². The molecule has 1 N–H and O–H groups in total. The van der Waals surface area contributed by atoms with E-state index in [0.29, 0.717) is 5.75 Å². The molecule has 0 saturated heterocycles. The van der Waals surface area contributed by atoms with Gasteiger partial charge in [0, 0.05) is 5.56 Å². The minimum atomic E-state index is 0.318. The Morgan fingerprint density at radius 2 is 2.17 bits per heavy atom. The van der Waals surface area contributed by atoms with E-state index in [1.807, 2.05) is 33.2 Å². The van der Waals surface area contributed by atoms with Crippen molar-refractivity contribution in [2.75, 3.05) is 0 Å². The zero-order valence-corrected chi connectivity index (χ0v) is 7.46. The van der Waals surface area contributed by atoms with E-state index in [4.69, 9.17) is 0 Å². The summed E-state index contributed by atoms with van der Waals surface area (Å²) in [6.07, 6.45) is 1.66. The van der Waals surface area contributed by atoms with Gasteiger partial charge >= 0.3 is 0 Å². The van der Waals surface area contributed by atoms with Gasteiger partial charge in [0.05, 0.1) is 0 Å². The summed E-state index contributed by atoms with van der Waals surface area (Å²) in [7, 11) is 1.88. The normalized spacial score (nSPS) is 9.50. The van der Waals surface area contributed by atoms with Gasteiger partial charge in [0.25, 0.3) is 0 Å². The van der Waals surface area contributed by atoms with Crippen LogP contribution in [0, 0.1) is 6.92 Å². The lowest BCUT2D eigenvalue weighted by molar-refractivity contribution is 0.478. The Bertz CT molecular complexity index is 305. The molecule has 1 aromatic carbocycles. The predicted molar refractivity (Wildman–Crippen MR) is 54.2 cm³/mol. The van der Waals surface area contributed by atoms with Gasteiger partial charge in [0.2, 0.25) is 0 Å². The first kappa shape index (κ1) is 8.92. The zero-order chi connectivity index (χ0) is 9.14. The Balaban J connectivity index is 3.31. The third-order valence-corrected chi connectivity index (χ3v) is 1.84. The van der Waals surface area contributed by atoms with Crippen molar-refractivity contribution in [3.8, 4) is 5.75 Å². The third kappa shape index (κ3) is 1.52. The molecule has 1 nitrogen and oxygen atoms in total. The van der Waals surface area contributed by atoms with Crippen LogP contribution in [0.5, 0.6) is 5.75 Å². The highest BCUT2D eigenvalue weighted by Crippen LogP contribution is 2.16. The van der Waals surface area contributed by atoms with Crippen molar-refractivity contribution in [2.24, 2.45) is 0 Å². The third-order valence-electron chi connectivity index (χ3n) is 1.84. The van der Waals surface area contributed by atoms with Gasteiger partial charge in [-0.1, -0.05) is 31.1 Å². The fourth-order valence-corrected chi connectivity index (χ4v) is 1.21. The topological polar surface area (TPSA) is 20.2 Å². The van der Waals surface area contributed by atoms with E-state index < -0.39 is 0 Å². The number of hydrogen-bond acceptors (Lipinski definition) is 1. The van der Waals surface area contributed by atoms with Crippen LogP contribution in [0.3, 0.4) is 0 Å². The SMILES string of the molecule is C=Cc1cc(C)cc([B]C)c1O. The lowest BCUT2D eigenvalue weighted by atomic mass is 9.71. The van der Waals surface area contributed by atoms with Crippen LogP contribution in [0.1, 0.15) is 11.1 Å². The van der Waals surface area contributed by atoms with Crippen LogP contribution < -0.4 is 5.46 Å². The maximum Gasteiger partial charge on any atom is 0.153 e. The molecule has 12 heavy (non-hydrogen) atoms. The molecule has 0 unspecified atom stereocenters. The van der Waals surface area contributed by atoms with Gasteiger partial charge in [-0.05, 0) is 18.5 Å². The molecule has 0 bridgehead atoms. The van der Waals surface area contributed by atoms with E-state index in [1.54, 1.807) is 6.08 Å². The maximum atomic E-state index is 9.61. The summed E-state index contributed by atoms with van der Waals surface area (Å²) in [6, 6.07) is 3.86. The van der Waals surface area contributed by atoms with Crippen molar-refractivity contribution in [1.82, 2.24) is 0 Å². The van der Waals surface area contributed by atoms with Crippen molar-refractivity contribution in [3.05, 3.63) is 29.8 Å². The molecule has 0 aromatic heterocycles. The van der Waals surface area contributed by atoms with Crippen LogP contribution in [0.15, 0.2) is 18.7 Å². The number of phenols is 1. The summed E-state index contributed by atoms with van der Waals surface area (Å²) in [5.74, 6) is 0.318. The molecule has 0 spiro atoms. The fraction of sp³-hybridized carbons (Fsp3) is 0.200. The molecule has 0 aliphatic carbocycles. The molecular formula is C10H12BO. The maximum absolute atomic E-state index is 9.61. The molecule has 0 amide bonds. The average molecular weight is 159 g/mol. The van der Waals surface area contributed by atoms with Gasteiger partial charge in [-0.15, -0.1) is 0 Å². The highest BCUT2D eigenvalue weighted by atomic mass is 16.3. The summed E-state index contributed by atoms with van der Waals surface area (Å²) in [6.45, 7) is 7.54. The van der Waals surface area contributed by atoms with E-state index in [1.165, 1.54) is 0 Å². The second-order valence-electron chi connectivity index (χ2n) is 2.78.